The fourth-order valence-corrected chi connectivity index (χ4v) is 2.60. The predicted molar refractivity (Wildman–Crippen MR) is 76.5 cm³/mol. The lowest BCUT2D eigenvalue weighted by molar-refractivity contribution is -0.141. The van der Waals surface area contributed by atoms with Crippen LogP contribution in [0.25, 0.3) is 0 Å². The molecule has 2 rings (SSSR count). The highest BCUT2D eigenvalue weighted by Gasteiger charge is 2.39. The summed E-state index contributed by atoms with van der Waals surface area (Å²) >= 11 is 0. The molecule has 1 saturated carbocycles. The van der Waals surface area contributed by atoms with E-state index in [1.54, 1.807) is 18.2 Å². The molecule has 0 aromatic heterocycles. The van der Waals surface area contributed by atoms with E-state index in [0.717, 1.165) is 24.8 Å². The first-order valence-electron chi connectivity index (χ1n) is 6.78. The van der Waals surface area contributed by atoms with Crippen LogP contribution in [0.15, 0.2) is 18.2 Å². The summed E-state index contributed by atoms with van der Waals surface area (Å²) in [5, 5.41) is 11.8. The number of hydrogen-bond acceptors (Lipinski definition) is 3. The van der Waals surface area contributed by atoms with Gasteiger partial charge in [0.15, 0.2) is 0 Å². The topological polar surface area (TPSA) is 92.4 Å². The molecule has 1 aliphatic carbocycles. The van der Waals surface area contributed by atoms with Crippen molar-refractivity contribution < 1.29 is 14.7 Å². The second-order valence-corrected chi connectivity index (χ2v) is 5.68. The van der Waals surface area contributed by atoms with Crippen LogP contribution in [-0.2, 0) is 4.79 Å². The number of hydrogen-bond donors (Lipinski definition) is 3. The third-order valence-corrected chi connectivity index (χ3v) is 4.10. The second-order valence-electron chi connectivity index (χ2n) is 5.68. The average Bonchev–Trinajstić information content (AvgIpc) is 2.35. The molecule has 1 aliphatic rings. The van der Waals surface area contributed by atoms with Crippen LogP contribution in [0.3, 0.4) is 0 Å². The lowest BCUT2D eigenvalue weighted by atomic mass is 9.66. The molecule has 1 aromatic rings. The van der Waals surface area contributed by atoms with E-state index >= 15 is 0 Å². The number of nitrogens with two attached hydrogens (primary N) is 1. The fraction of sp³-hybridized carbons (Fsp3) is 0.467. The van der Waals surface area contributed by atoms with Gasteiger partial charge in [0.05, 0.1) is 6.42 Å². The lowest BCUT2D eigenvalue weighted by Gasteiger charge is -2.40. The van der Waals surface area contributed by atoms with Crippen LogP contribution in [0.4, 0.5) is 5.69 Å². The molecule has 4 N–H and O–H groups in total. The molecule has 0 spiro atoms. The number of carboxylic acid groups (broad SMARTS) is 1. The van der Waals surface area contributed by atoms with E-state index < -0.39 is 5.97 Å². The van der Waals surface area contributed by atoms with Crippen molar-refractivity contribution in [2.75, 3.05) is 12.3 Å². The first-order chi connectivity index (χ1) is 9.42. The number of carbonyl (C=O) groups excluding carboxylic acids is 1. The van der Waals surface area contributed by atoms with Gasteiger partial charge >= 0.3 is 5.97 Å². The molecule has 108 valence electrons. The standard InChI is InChI=1S/C15H20N2O3/c1-10-7-11(3-4-12(10)16)14(20)17-9-15(5-2-6-15)8-13(18)19/h3-4,7H,2,5-6,8-9,16H2,1H3,(H,17,20)(H,18,19). The summed E-state index contributed by atoms with van der Waals surface area (Å²) in [4.78, 5) is 23.0. The number of anilines is 1. The monoisotopic (exact) mass is 276 g/mol. The van der Waals surface area contributed by atoms with Crippen molar-refractivity contribution in [1.82, 2.24) is 5.32 Å². The minimum Gasteiger partial charge on any atom is -0.481 e. The Morgan fingerprint density at radius 3 is 2.60 bits per heavy atom. The second kappa shape index (κ2) is 5.53. The zero-order valence-corrected chi connectivity index (χ0v) is 11.6. The molecule has 0 heterocycles. The number of aryl methyl sites for hydroxylation is 1. The molecule has 0 radical (unpaired) electrons. The molecule has 0 atom stereocenters. The van der Waals surface area contributed by atoms with Crippen LogP contribution in [0.2, 0.25) is 0 Å². The van der Waals surface area contributed by atoms with Gasteiger partial charge in [-0.05, 0) is 48.9 Å². The van der Waals surface area contributed by atoms with E-state index in [4.69, 9.17) is 10.8 Å². The van der Waals surface area contributed by atoms with Crippen LogP contribution in [0, 0.1) is 12.3 Å². The summed E-state index contributed by atoms with van der Waals surface area (Å²) < 4.78 is 0. The largest absolute Gasteiger partial charge is 0.481 e. The van der Waals surface area contributed by atoms with Gasteiger partial charge < -0.3 is 16.2 Å². The van der Waals surface area contributed by atoms with Crippen LogP contribution in [0.1, 0.15) is 41.6 Å². The van der Waals surface area contributed by atoms with Crippen molar-refractivity contribution in [3.63, 3.8) is 0 Å². The summed E-state index contributed by atoms with van der Waals surface area (Å²) in [6, 6.07) is 5.14. The molecule has 20 heavy (non-hydrogen) atoms. The molecular formula is C15H20N2O3. The summed E-state index contributed by atoms with van der Waals surface area (Å²) in [6.45, 7) is 2.27. The predicted octanol–water partition coefficient (Wildman–Crippen LogP) is 1.95. The van der Waals surface area contributed by atoms with Gasteiger partial charge in [-0.1, -0.05) is 6.42 Å². The molecule has 0 unspecified atom stereocenters. The maximum atomic E-state index is 12.1. The molecule has 0 aliphatic heterocycles. The quantitative estimate of drug-likeness (QED) is 0.717. The van der Waals surface area contributed by atoms with Gasteiger partial charge in [0, 0.05) is 17.8 Å². The fourth-order valence-electron chi connectivity index (χ4n) is 2.60. The van der Waals surface area contributed by atoms with E-state index in [-0.39, 0.29) is 17.7 Å². The normalized spacial score (nSPS) is 16.2. The van der Waals surface area contributed by atoms with E-state index in [9.17, 15) is 9.59 Å². The summed E-state index contributed by atoms with van der Waals surface area (Å²) in [7, 11) is 0. The van der Waals surface area contributed by atoms with Crippen molar-refractivity contribution in [3.05, 3.63) is 29.3 Å². The van der Waals surface area contributed by atoms with E-state index in [1.165, 1.54) is 0 Å². The van der Waals surface area contributed by atoms with Gasteiger partial charge in [-0.15, -0.1) is 0 Å². The molecule has 0 saturated heterocycles. The minimum atomic E-state index is -0.803. The van der Waals surface area contributed by atoms with Gasteiger partial charge in [-0.25, -0.2) is 0 Å². The van der Waals surface area contributed by atoms with Crippen molar-refractivity contribution in [2.45, 2.75) is 32.6 Å². The molecule has 1 amide bonds. The van der Waals surface area contributed by atoms with Crippen LogP contribution in [-0.4, -0.2) is 23.5 Å². The van der Waals surface area contributed by atoms with Crippen molar-refractivity contribution in [2.24, 2.45) is 5.41 Å². The van der Waals surface area contributed by atoms with Crippen LogP contribution in [0.5, 0.6) is 0 Å². The first-order valence-corrected chi connectivity index (χ1v) is 6.78. The highest BCUT2D eigenvalue weighted by Crippen LogP contribution is 2.43. The highest BCUT2D eigenvalue weighted by molar-refractivity contribution is 5.94. The van der Waals surface area contributed by atoms with Gasteiger partial charge in [0.1, 0.15) is 0 Å². The molecular weight excluding hydrogens is 256 g/mol. The van der Waals surface area contributed by atoms with Crippen molar-refractivity contribution >= 4 is 17.6 Å². The van der Waals surface area contributed by atoms with E-state index in [2.05, 4.69) is 5.32 Å². The van der Waals surface area contributed by atoms with Gasteiger partial charge in [0.25, 0.3) is 5.91 Å². The number of nitrogens with one attached hydrogen (secondary N) is 1. The Kier molecular flexibility index (Phi) is 3.97. The number of nitrogen functional groups attached to an aromatic ring is 1. The van der Waals surface area contributed by atoms with Crippen LogP contribution < -0.4 is 11.1 Å². The smallest absolute Gasteiger partial charge is 0.303 e. The van der Waals surface area contributed by atoms with Crippen molar-refractivity contribution in [3.8, 4) is 0 Å². The number of amides is 1. The number of carboxylic acids is 1. The Labute approximate surface area is 118 Å². The maximum absolute atomic E-state index is 12.1. The number of rotatable bonds is 5. The van der Waals surface area contributed by atoms with Gasteiger partial charge in [-0.3, -0.25) is 9.59 Å². The Balaban J connectivity index is 1.97. The zero-order valence-electron chi connectivity index (χ0n) is 11.6. The number of benzene rings is 1. The zero-order chi connectivity index (χ0) is 14.8. The first kappa shape index (κ1) is 14.4. The number of aliphatic carboxylic acids is 1. The minimum absolute atomic E-state index is 0.119. The number of carbonyl (C=O) groups is 2. The molecule has 5 nitrogen and oxygen atoms in total. The highest BCUT2D eigenvalue weighted by atomic mass is 16.4. The third kappa shape index (κ3) is 3.10. The van der Waals surface area contributed by atoms with E-state index in [1.807, 2.05) is 6.92 Å². The van der Waals surface area contributed by atoms with E-state index in [0.29, 0.717) is 17.8 Å². The van der Waals surface area contributed by atoms with Crippen LogP contribution >= 0.6 is 0 Å². The summed E-state index contributed by atoms with van der Waals surface area (Å²) in [5.41, 5.74) is 7.54. The Morgan fingerprint density at radius 2 is 2.10 bits per heavy atom. The Hall–Kier alpha value is -2.04. The van der Waals surface area contributed by atoms with Crippen molar-refractivity contribution in [1.29, 1.82) is 0 Å². The molecule has 1 fully saturated rings. The summed E-state index contributed by atoms with van der Waals surface area (Å²) in [5.74, 6) is -0.980. The SMILES string of the molecule is Cc1cc(C(=O)NCC2(CC(=O)O)CCC2)ccc1N. The molecule has 1 aromatic carbocycles. The maximum Gasteiger partial charge on any atom is 0.303 e. The summed E-state index contributed by atoms with van der Waals surface area (Å²) in [6.07, 6.45) is 2.87. The molecule has 5 heteroatoms. The van der Waals surface area contributed by atoms with Gasteiger partial charge in [0.2, 0.25) is 0 Å². The Bertz CT molecular complexity index is 536. The van der Waals surface area contributed by atoms with Gasteiger partial charge in [-0.2, -0.15) is 0 Å². The lowest BCUT2D eigenvalue weighted by Crippen LogP contribution is -2.43. The molecule has 0 bridgehead atoms. The Morgan fingerprint density at radius 1 is 1.40 bits per heavy atom. The third-order valence-electron chi connectivity index (χ3n) is 4.10. The average molecular weight is 276 g/mol.